The van der Waals surface area contributed by atoms with Crippen LogP contribution in [0.1, 0.15) is 40.1 Å². The number of rotatable bonds is 5. The maximum absolute atomic E-state index is 14.5. The molecule has 0 spiro atoms. The van der Waals surface area contributed by atoms with Crippen molar-refractivity contribution in [1.82, 2.24) is 9.78 Å². The molecule has 2 aromatic heterocycles. The lowest BCUT2D eigenvalue weighted by atomic mass is 9.99. The quantitative estimate of drug-likeness (QED) is 0.259. The van der Waals surface area contributed by atoms with Crippen molar-refractivity contribution in [3.8, 4) is 17.1 Å². The number of aryl methyl sites for hydroxylation is 2. The molecule has 9 heteroatoms. The van der Waals surface area contributed by atoms with Crippen molar-refractivity contribution in [2.24, 2.45) is 7.05 Å². The maximum atomic E-state index is 14.5. The predicted octanol–water partition coefficient (Wildman–Crippen LogP) is 6.17. The van der Waals surface area contributed by atoms with Crippen molar-refractivity contribution >= 4 is 27.8 Å². The van der Waals surface area contributed by atoms with Crippen LogP contribution in [0, 0.1) is 25.5 Å². The molecule has 0 bridgehead atoms. The molecule has 0 fully saturated rings. The van der Waals surface area contributed by atoms with E-state index in [4.69, 9.17) is 9.15 Å². The van der Waals surface area contributed by atoms with E-state index >= 15 is 0 Å². The first-order chi connectivity index (χ1) is 18.1. The van der Waals surface area contributed by atoms with Crippen molar-refractivity contribution in [3.05, 3.63) is 92.8 Å². The van der Waals surface area contributed by atoms with E-state index in [2.05, 4.69) is 9.84 Å². The van der Waals surface area contributed by atoms with Gasteiger partial charge in [-0.2, -0.15) is 5.10 Å². The lowest BCUT2D eigenvalue weighted by Crippen LogP contribution is -2.14. The van der Waals surface area contributed by atoms with Crippen LogP contribution in [0.4, 0.5) is 8.78 Å². The van der Waals surface area contributed by atoms with Gasteiger partial charge in [-0.05, 0) is 68.8 Å². The molecule has 0 aliphatic carbocycles. The Labute approximate surface area is 216 Å². The molecule has 0 aliphatic rings. The highest BCUT2D eigenvalue weighted by molar-refractivity contribution is 5.93. The first kappa shape index (κ1) is 25.1. The number of hydrogen-bond donors (Lipinski definition) is 0. The number of fused-ring (bicyclic) bond motifs is 2. The Hall–Kier alpha value is -4.53. The number of benzene rings is 3. The first-order valence-electron chi connectivity index (χ1n) is 11.8. The van der Waals surface area contributed by atoms with Crippen molar-refractivity contribution in [2.45, 2.75) is 26.9 Å². The van der Waals surface area contributed by atoms with Crippen LogP contribution in [0.5, 0.6) is 5.75 Å². The summed E-state index contributed by atoms with van der Waals surface area (Å²) in [5.41, 5.74) is 2.67. The van der Waals surface area contributed by atoms with Crippen molar-refractivity contribution in [1.29, 1.82) is 0 Å². The fourth-order valence-electron chi connectivity index (χ4n) is 4.61. The van der Waals surface area contributed by atoms with Crippen LogP contribution in [0.2, 0.25) is 0 Å². The van der Waals surface area contributed by atoms with Crippen molar-refractivity contribution in [3.63, 3.8) is 0 Å². The molecule has 0 saturated heterocycles. The third-order valence-corrected chi connectivity index (χ3v) is 6.46. The highest BCUT2D eigenvalue weighted by atomic mass is 19.2. The fraction of sp³-hybridized carbons (Fsp3) is 0.207. The molecule has 0 N–H and O–H groups in total. The SMILES string of the molecule is COC(=O)c1c(O[C@H](C)c2cc(C)cc3c(=O)c(C)c(-c4ccc5nn(C)cc5c4)oc23)ccc(F)c1F. The Morgan fingerprint density at radius 3 is 2.61 bits per heavy atom. The first-order valence-corrected chi connectivity index (χ1v) is 11.8. The second-order valence-electron chi connectivity index (χ2n) is 9.18. The fourth-order valence-corrected chi connectivity index (χ4v) is 4.61. The highest BCUT2D eigenvalue weighted by Gasteiger charge is 2.26. The average Bonchev–Trinajstić information content (AvgIpc) is 3.27. The topological polar surface area (TPSA) is 83.6 Å². The third kappa shape index (κ3) is 4.19. The molecule has 3 aromatic carbocycles. The zero-order chi connectivity index (χ0) is 27.3. The monoisotopic (exact) mass is 518 g/mol. The van der Waals surface area contributed by atoms with E-state index in [1.807, 2.05) is 38.4 Å². The van der Waals surface area contributed by atoms with Crippen LogP contribution in [0.3, 0.4) is 0 Å². The number of ether oxygens (including phenoxy) is 2. The van der Waals surface area contributed by atoms with Crippen LogP contribution in [-0.4, -0.2) is 22.9 Å². The normalized spacial score (nSPS) is 12.2. The van der Waals surface area contributed by atoms with Gasteiger partial charge in [0.1, 0.15) is 28.8 Å². The predicted molar refractivity (Wildman–Crippen MR) is 138 cm³/mol. The van der Waals surface area contributed by atoms with Crippen LogP contribution < -0.4 is 10.2 Å². The number of aromatic nitrogens is 2. The van der Waals surface area contributed by atoms with Gasteiger partial charge >= 0.3 is 5.97 Å². The van der Waals surface area contributed by atoms with E-state index in [-0.39, 0.29) is 11.2 Å². The molecule has 5 rings (SSSR count). The number of nitrogens with zero attached hydrogens (tertiary/aromatic N) is 2. The zero-order valence-electron chi connectivity index (χ0n) is 21.4. The van der Waals surface area contributed by atoms with Gasteiger partial charge in [0.25, 0.3) is 0 Å². The Morgan fingerprint density at radius 1 is 1.11 bits per heavy atom. The van der Waals surface area contributed by atoms with Gasteiger partial charge in [0.05, 0.1) is 18.0 Å². The molecule has 194 valence electrons. The molecular formula is C29H24F2N2O5. The summed E-state index contributed by atoms with van der Waals surface area (Å²) in [7, 11) is 2.89. The third-order valence-electron chi connectivity index (χ3n) is 6.46. The van der Waals surface area contributed by atoms with Crippen LogP contribution in [0.15, 0.2) is 57.9 Å². The molecule has 0 saturated carbocycles. The van der Waals surface area contributed by atoms with Gasteiger partial charge in [-0.25, -0.2) is 13.6 Å². The number of methoxy groups -OCH3 is 1. The molecule has 5 aromatic rings. The number of hydrogen-bond acceptors (Lipinski definition) is 6. The van der Waals surface area contributed by atoms with E-state index < -0.39 is 29.3 Å². The molecule has 0 radical (unpaired) electrons. The van der Waals surface area contributed by atoms with Gasteiger partial charge < -0.3 is 13.9 Å². The van der Waals surface area contributed by atoms with Crippen LogP contribution in [-0.2, 0) is 11.8 Å². The Balaban J connectivity index is 1.67. The molecule has 0 aliphatic heterocycles. The summed E-state index contributed by atoms with van der Waals surface area (Å²) in [6, 6.07) is 11.1. The van der Waals surface area contributed by atoms with Gasteiger partial charge in [0.15, 0.2) is 17.1 Å². The maximum Gasteiger partial charge on any atom is 0.344 e. The van der Waals surface area contributed by atoms with Gasteiger partial charge in [0, 0.05) is 35.3 Å². The highest BCUT2D eigenvalue weighted by Crippen LogP contribution is 2.35. The summed E-state index contributed by atoms with van der Waals surface area (Å²) in [4.78, 5) is 25.7. The minimum Gasteiger partial charge on any atom is -0.485 e. The molecule has 7 nitrogen and oxygen atoms in total. The summed E-state index contributed by atoms with van der Waals surface area (Å²) in [5.74, 6) is -3.45. The minimum absolute atomic E-state index is 0.199. The summed E-state index contributed by atoms with van der Waals surface area (Å²) >= 11 is 0. The van der Waals surface area contributed by atoms with Crippen molar-refractivity contribution in [2.75, 3.05) is 7.11 Å². The molecule has 0 unspecified atom stereocenters. The zero-order valence-corrected chi connectivity index (χ0v) is 21.4. The van der Waals surface area contributed by atoms with E-state index in [1.54, 1.807) is 30.7 Å². The largest absolute Gasteiger partial charge is 0.485 e. The number of esters is 1. The lowest BCUT2D eigenvalue weighted by molar-refractivity contribution is 0.0586. The van der Waals surface area contributed by atoms with Crippen molar-refractivity contribution < 1.29 is 27.5 Å². The molecular weight excluding hydrogens is 494 g/mol. The lowest BCUT2D eigenvalue weighted by Gasteiger charge is -2.20. The van der Waals surface area contributed by atoms with Gasteiger partial charge in [-0.15, -0.1) is 0 Å². The Kier molecular flexibility index (Phi) is 6.22. The smallest absolute Gasteiger partial charge is 0.344 e. The average molecular weight is 519 g/mol. The van der Waals surface area contributed by atoms with E-state index in [1.165, 1.54) is 0 Å². The van der Waals surface area contributed by atoms with Crippen LogP contribution >= 0.6 is 0 Å². The molecule has 0 amide bonds. The second kappa shape index (κ2) is 9.41. The van der Waals surface area contributed by atoms with Gasteiger partial charge in [-0.1, -0.05) is 0 Å². The molecule has 38 heavy (non-hydrogen) atoms. The second-order valence-corrected chi connectivity index (χ2v) is 9.18. The number of halogens is 2. The summed E-state index contributed by atoms with van der Waals surface area (Å²) < 4.78 is 47.0. The summed E-state index contributed by atoms with van der Waals surface area (Å²) in [5, 5.41) is 5.64. The minimum atomic E-state index is -1.37. The number of carbonyl (C=O) groups is 1. The number of carbonyl (C=O) groups excluding carboxylic acids is 1. The van der Waals surface area contributed by atoms with Crippen LogP contribution in [0.25, 0.3) is 33.2 Å². The van der Waals surface area contributed by atoms with Gasteiger partial charge in [0.2, 0.25) is 0 Å². The van der Waals surface area contributed by atoms with E-state index in [9.17, 15) is 18.4 Å². The Bertz CT molecular complexity index is 1810. The summed E-state index contributed by atoms with van der Waals surface area (Å²) in [6.45, 7) is 5.20. The summed E-state index contributed by atoms with van der Waals surface area (Å²) in [6.07, 6.45) is 1.06. The van der Waals surface area contributed by atoms with E-state index in [0.29, 0.717) is 33.4 Å². The van der Waals surface area contributed by atoms with E-state index in [0.717, 1.165) is 35.7 Å². The van der Waals surface area contributed by atoms with Gasteiger partial charge in [-0.3, -0.25) is 9.48 Å². The molecule has 2 heterocycles. The standard InChI is InChI=1S/C29H24F2N2O5/c1-14-10-19(16(3)37-23-9-7-21(30)25(31)24(23)29(35)36-5)28-20(11-14)26(34)15(2)27(38-28)17-6-8-22-18(12-17)13-33(4)32-22/h6-13,16H,1-5H3/t16-/m1/s1. The molecule has 1 atom stereocenters. The Morgan fingerprint density at radius 2 is 1.87 bits per heavy atom.